The smallest absolute Gasteiger partial charge is 0.0701 e. The highest BCUT2D eigenvalue weighted by Gasteiger charge is 1.99. The molecule has 0 radical (unpaired) electrons. The fourth-order valence-corrected chi connectivity index (χ4v) is 2.92. The Labute approximate surface area is 108 Å². The van der Waals surface area contributed by atoms with E-state index in [1.54, 1.807) is 11.3 Å². The van der Waals surface area contributed by atoms with Crippen molar-refractivity contribution in [2.75, 3.05) is 0 Å². The molecule has 2 aromatic rings. The van der Waals surface area contributed by atoms with Crippen LogP contribution in [0.15, 0.2) is 34.2 Å². The van der Waals surface area contributed by atoms with E-state index in [9.17, 15) is 0 Å². The second kappa shape index (κ2) is 5.57. The van der Waals surface area contributed by atoms with E-state index in [4.69, 9.17) is 0 Å². The zero-order chi connectivity index (χ0) is 11.4. The van der Waals surface area contributed by atoms with Crippen molar-refractivity contribution < 1.29 is 0 Å². The van der Waals surface area contributed by atoms with E-state index >= 15 is 0 Å². The standard InChI is InChI=1S/C12H13BrN2S/c1-9-10(3-2-6-15-9)7-14-8-11-4-5-12(13)16-11/h2-6,14H,7-8H2,1H3. The molecule has 0 aromatic carbocycles. The SMILES string of the molecule is Cc1ncccc1CNCc1ccc(Br)s1. The molecule has 1 N–H and O–H groups in total. The Bertz CT molecular complexity index is 468. The van der Waals surface area contributed by atoms with Gasteiger partial charge < -0.3 is 5.32 Å². The molecule has 0 atom stereocenters. The fourth-order valence-electron chi connectivity index (χ4n) is 1.47. The van der Waals surface area contributed by atoms with Gasteiger partial charge in [0.25, 0.3) is 0 Å². The van der Waals surface area contributed by atoms with Crippen LogP contribution < -0.4 is 5.32 Å². The van der Waals surface area contributed by atoms with Crippen LogP contribution in [0.5, 0.6) is 0 Å². The molecule has 0 saturated carbocycles. The van der Waals surface area contributed by atoms with Crippen molar-refractivity contribution in [1.82, 2.24) is 10.3 Å². The molecule has 84 valence electrons. The minimum absolute atomic E-state index is 0.870. The molecule has 0 fully saturated rings. The van der Waals surface area contributed by atoms with Crippen molar-refractivity contribution in [2.24, 2.45) is 0 Å². The minimum atomic E-state index is 0.870. The second-order valence-electron chi connectivity index (χ2n) is 3.56. The second-order valence-corrected chi connectivity index (χ2v) is 6.10. The van der Waals surface area contributed by atoms with Gasteiger partial charge in [-0.2, -0.15) is 0 Å². The van der Waals surface area contributed by atoms with E-state index < -0.39 is 0 Å². The summed E-state index contributed by atoms with van der Waals surface area (Å²) in [5.41, 5.74) is 2.36. The van der Waals surface area contributed by atoms with Crippen molar-refractivity contribution >= 4 is 27.3 Å². The molecule has 0 unspecified atom stereocenters. The Kier molecular flexibility index (Phi) is 4.09. The van der Waals surface area contributed by atoms with Gasteiger partial charge in [0, 0.05) is 29.9 Å². The molecule has 0 aliphatic carbocycles. The number of hydrogen-bond donors (Lipinski definition) is 1. The number of nitrogens with zero attached hydrogens (tertiary/aromatic N) is 1. The molecule has 2 rings (SSSR count). The zero-order valence-electron chi connectivity index (χ0n) is 9.03. The summed E-state index contributed by atoms with van der Waals surface area (Å²) in [5, 5.41) is 3.42. The largest absolute Gasteiger partial charge is 0.308 e. The normalized spacial score (nSPS) is 10.6. The van der Waals surface area contributed by atoms with Crippen LogP contribution >= 0.6 is 27.3 Å². The van der Waals surface area contributed by atoms with E-state index in [1.807, 2.05) is 19.2 Å². The lowest BCUT2D eigenvalue weighted by Crippen LogP contribution is -2.12. The average molecular weight is 297 g/mol. The number of aromatic nitrogens is 1. The van der Waals surface area contributed by atoms with Gasteiger partial charge in [-0.05, 0) is 46.6 Å². The van der Waals surface area contributed by atoms with Crippen LogP contribution in [0.4, 0.5) is 0 Å². The Morgan fingerprint density at radius 2 is 2.19 bits per heavy atom. The van der Waals surface area contributed by atoms with Crippen LogP contribution in [0.3, 0.4) is 0 Å². The first-order chi connectivity index (χ1) is 7.75. The lowest BCUT2D eigenvalue weighted by molar-refractivity contribution is 0.695. The van der Waals surface area contributed by atoms with Crippen LogP contribution in [0.25, 0.3) is 0 Å². The van der Waals surface area contributed by atoms with E-state index in [-0.39, 0.29) is 0 Å². The quantitative estimate of drug-likeness (QED) is 0.934. The molecule has 2 heterocycles. The monoisotopic (exact) mass is 296 g/mol. The van der Waals surface area contributed by atoms with E-state index in [1.165, 1.54) is 14.2 Å². The number of hydrogen-bond acceptors (Lipinski definition) is 3. The van der Waals surface area contributed by atoms with Gasteiger partial charge in [0.05, 0.1) is 3.79 Å². The first-order valence-corrected chi connectivity index (χ1v) is 6.72. The summed E-state index contributed by atoms with van der Waals surface area (Å²) in [7, 11) is 0. The van der Waals surface area contributed by atoms with Crippen LogP contribution in [-0.2, 0) is 13.1 Å². The molecule has 16 heavy (non-hydrogen) atoms. The first-order valence-electron chi connectivity index (χ1n) is 5.11. The number of halogens is 1. The van der Waals surface area contributed by atoms with Gasteiger partial charge in [-0.3, -0.25) is 4.98 Å². The van der Waals surface area contributed by atoms with Crippen LogP contribution in [-0.4, -0.2) is 4.98 Å². The van der Waals surface area contributed by atoms with Crippen LogP contribution in [0.1, 0.15) is 16.1 Å². The minimum Gasteiger partial charge on any atom is -0.308 e. The number of nitrogens with one attached hydrogen (secondary N) is 1. The van der Waals surface area contributed by atoms with Crippen molar-refractivity contribution in [1.29, 1.82) is 0 Å². The summed E-state index contributed by atoms with van der Waals surface area (Å²) in [6.07, 6.45) is 1.83. The van der Waals surface area contributed by atoms with Gasteiger partial charge in [0.1, 0.15) is 0 Å². The average Bonchev–Trinajstić information content (AvgIpc) is 2.67. The number of pyridine rings is 1. The molecule has 0 aliphatic heterocycles. The molecule has 0 amide bonds. The number of aryl methyl sites for hydroxylation is 1. The molecule has 2 aromatic heterocycles. The molecule has 0 spiro atoms. The fraction of sp³-hybridized carbons (Fsp3) is 0.250. The molecular weight excluding hydrogens is 284 g/mol. The predicted octanol–water partition coefficient (Wildman–Crippen LogP) is 3.50. The predicted molar refractivity (Wildman–Crippen MR) is 71.5 cm³/mol. The van der Waals surface area contributed by atoms with Gasteiger partial charge in [-0.25, -0.2) is 0 Å². The lowest BCUT2D eigenvalue weighted by atomic mass is 10.2. The summed E-state index contributed by atoms with van der Waals surface area (Å²) in [5.74, 6) is 0. The molecule has 0 aliphatic rings. The Morgan fingerprint density at radius 3 is 2.88 bits per heavy atom. The van der Waals surface area contributed by atoms with E-state index in [0.29, 0.717) is 0 Å². The summed E-state index contributed by atoms with van der Waals surface area (Å²) in [6, 6.07) is 8.31. The van der Waals surface area contributed by atoms with Crippen molar-refractivity contribution in [3.05, 3.63) is 50.4 Å². The van der Waals surface area contributed by atoms with Crippen molar-refractivity contribution in [3.8, 4) is 0 Å². The van der Waals surface area contributed by atoms with Crippen LogP contribution in [0.2, 0.25) is 0 Å². The molecule has 2 nitrogen and oxygen atoms in total. The third-order valence-corrected chi connectivity index (χ3v) is 3.98. The van der Waals surface area contributed by atoms with Gasteiger partial charge in [0.2, 0.25) is 0 Å². The number of thiophene rings is 1. The topological polar surface area (TPSA) is 24.9 Å². The number of rotatable bonds is 4. The summed E-state index contributed by atoms with van der Waals surface area (Å²) >= 11 is 5.23. The van der Waals surface area contributed by atoms with Gasteiger partial charge >= 0.3 is 0 Å². The third kappa shape index (κ3) is 3.14. The highest BCUT2D eigenvalue weighted by atomic mass is 79.9. The van der Waals surface area contributed by atoms with E-state index in [0.717, 1.165) is 18.8 Å². The molecule has 4 heteroatoms. The zero-order valence-corrected chi connectivity index (χ0v) is 11.4. The first kappa shape index (κ1) is 11.8. The van der Waals surface area contributed by atoms with Gasteiger partial charge in [-0.15, -0.1) is 11.3 Å². The maximum Gasteiger partial charge on any atom is 0.0701 e. The summed E-state index contributed by atoms with van der Waals surface area (Å²) in [6.45, 7) is 3.82. The van der Waals surface area contributed by atoms with E-state index in [2.05, 4.69) is 44.4 Å². The van der Waals surface area contributed by atoms with Gasteiger partial charge in [-0.1, -0.05) is 6.07 Å². The summed E-state index contributed by atoms with van der Waals surface area (Å²) in [4.78, 5) is 5.61. The lowest BCUT2D eigenvalue weighted by Gasteiger charge is -2.05. The Hall–Kier alpha value is -0.710. The van der Waals surface area contributed by atoms with Gasteiger partial charge in [0.15, 0.2) is 0 Å². The maximum absolute atomic E-state index is 4.26. The van der Waals surface area contributed by atoms with Crippen LogP contribution in [0, 0.1) is 6.92 Å². The highest BCUT2D eigenvalue weighted by molar-refractivity contribution is 9.11. The summed E-state index contributed by atoms with van der Waals surface area (Å²) < 4.78 is 1.18. The third-order valence-electron chi connectivity index (χ3n) is 2.36. The Balaban J connectivity index is 1.87. The maximum atomic E-state index is 4.26. The molecule has 0 bridgehead atoms. The molecular formula is C12H13BrN2S. The highest BCUT2D eigenvalue weighted by Crippen LogP contribution is 2.21. The van der Waals surface area contributed by atoms with Crippen molar-refractivity contribution in [2.45, 2.75) is 20.0 Å². The molecule has 0 saturated heterocycles. The van der Waals surface area contributed by atoms with Crippen molar-refractivity contribution in [3.63, 3.8) is 0 Å². The Morgan fingerprint density at radius 1 is 1.31 bits per heavy atom.